The maximum absolute atomic E-state index is 11.0. The summed E-state index contributed by atoms with van der Waals surface area (Å²) in [5, 5.41) is 30.1. The van der Waals surface area contributed by atoms with Gasteiger partial charge >= 0.3 is 0 Å². The van der Waals surface area contributed by atoms with Gasteiger partial charge in [0, 0.05) is 18.2 Å². The fraction of sp³-hybridized carbons (Fsp3) is 0.280. The van der Waals surface area contributed by atoms with Crippen LogP contribution in [-0.2, 0) is 12.8 Å². The molecule has 1 aliphatic rings. The number of aromatic nitrogens is 3. The third-order valence-corrected chi connectivity index (χ3v) is 6.15. The lowest BCUT2D eigenvalue weighted by Crippen LogP contribution is -2.05. The largest absolute Gasteiger partial charge is 0.508 e. The summed E-state index contributed by atoms with van der Waals surface area (Å²) in [6.07, 6.45) is 8.02. The number of imidazole rings is 1. The van der Waals surface area contributed by atoms with Gasteiger partial charge in [0.2, 0.25) is 5.88 Å². The highest BCUT2D eigenvalue weighted by Gasteiger charge is 2.22. The zero-order valence-electron chi connectivity index (χ0n) is 17.2. The molecule has 3 N–H and O–H groups in total. The molecule has 0 radical (unpaired) electrons. The Hall–Kier alpha value is -3.54. The van der Waals surface area contributed by atoms with Gasteiger partial charge < -0.3 is 15.3 Å². The lowest BCUT2D eigenvalue weighted by atomic mass is 10.0. The molecular formula is C25H25N3O3. The van der Waals surface area contributed by atoms with Crippen LogP contribution in [0.1, 0.15) is 42.6 Å². The number of hydrogen-bond acceptors (Lipinski definition) is 5. The van der Waals surface area contributed by atoms with Gasteiger partial charge in [-0.3, -0.25) is 4.40 Å². The van der Waals surface area contributed by atoms with Crippen LogP contribution < -0.4 is 0 Å². The zero-order chi connectivity index (χ0) is 21.4. The maximum atomic E-state index is 11.0. The van der Waals surface area contributed by atoms with Crippen molar-refractivity contribution in [3.63, 3.8) is 0 Å². The molecule has 0 amide bonds. The minimum Gasteiger partial charge on any atom is -0.508 e. The summed E-state index contributed by atoms with van der Waals surface area (Å²) < 4.78 is 1.73. The van der Waals surface area contributed by atoms with Gasteiger partial charge in [0.25, 0.3) is 0 Å². The van der Waals surface area contributed by atoms with E-state index in [1.165, 1.54) is 25.7 Å². The Bertz CT molecular complexity index is 1210. The molecule has 2 aromatic carbocycles. The highest BCUT2D eigenvalue weighted by atomic mass is 16.3. The number of aromatic hydroxyl groups is 3. The molecule has 2 aromatic heterocycles. The Labute approximate surface area is 180 Å². The van der Waals surface area contributed by atoms with Crippen LogP contribution in [0.4, 0.5) is 0 Å². The van der Waals surface area contributed by atoms with Crippen molar-refractivity contribution in [2.24, 2.45) is 5.92 Å². The highest BCUT2D eigenvalue weighted by molar-refractivity contribution is 5.63. The molecule has 0 spiro atoms. The predicted molar refractivity (Wildman–Crippen MR) is 118 cm³/mol. The van der Waals surface area contributed by atoms with Crippen molar-refractivity contribution in [3.8, 4) is 28.6 Å². The molecule has 0 aliphatic heterocycles. The lowest BCUT2D eigenvalue weighted by Gasteiger charge is -2.12. The van der Waals surface area contributed by atoms with Crippen LogP contribution >= 0.6 is 0 Å². The standard InChI is InChI=1S/C25H25N3O3/c29-19-9-5-17(6-10-19)14-22-25(31)28-15-23(18-7-11-20(30)12-8-18)26-21(24(28)27-22)13-16-3-1-2-4-16/h5-12,15-16,29-31H,1-4,13-14H2. The molecule has 2 heterocycles. The second-order valence-electron chi connectivity index (χ2n) is 8.39. The van der Waals surface area contributed by atoms with Gasteiger partial charge in [-0.05, 0) is 54.3 Å². The molecule has 1 aliphatic carbocycles. The summed E-state index contributed by atoms with van der Waals surface area (Å²) in [6, 6.07) is 13.9. The Balaban J connectivity index is 1.60. The van der Waals surface area contributed by atoms with Crippen LogP contribution in [0.15, 0.2) is 54.7 Å². The average molecular weight is 415 g/mol. The Morgan fingerprint density at radius 1 is 0.806 bits per heavy atom. The highest BCUT2D eigenvalue weighted by Crippen LogP contribution is 2.32. The van der Waals surface area contributed by atoms with Gasteiger partial charge in [0.05, 0.1) is 11.4 Å². The molecule has 4 aromatic rings. The summed E-state index contributed by atoms with van der Waals surface area (Å²) in [5.41, 5.74) is 4.75. The Morgan fingerprint density at radius 3 is 2.13 bits per heavy atom. The van der Waals surface area contributed by atoms with E-state index in [1.807, 2.05) is 30.5 Å². The summed E-state index contributed by atoms with van der Waals surface area (Å²) in [5.74, 6) is 1.12. The molecular weight excluding hydrogens is 390 g/mol. The number of fused-ring (bicyclic) bond motifs is 1. The van der Waals surface area contributed by atoms with Crippen LogP contribution in [0.5, 0.6) is 17.4 Å². The van der Waals surface area contributed by atoms with Crippen molar-refractivity contribution < 1.29 is 15.3 Å². The summed E-state index contributed by atoms with van der Waals surface area (Å²) in [4.78, 5) is 9.70. The normalized spacial score (nSPS) is 14.5. The summed E-state index contributed by atoms with van der Waals surface area (Å²) in [6.45, 7) is 0. The Morgan fingerprint density at radius 2 is 1.45 bits per heavy atom. The third-order valence-electron chi connectivity index (χ3n) is 6.15. The van der Waals surface area contributed by atoms with Crippen molar-refractivity contribution >= 4 is 5.65 Å². The second kappa shape index (κ2) is 7.95. The van der Waals surface area contributed by atoms with Crippen molar-refractivity contribution in [2.45, 2.75) is 38.5 Å². The van der Waals surface area contributed by atoms with Crippen LogP contribution in [0, 0.1) is 5.92 Å². The number of rotatable bonds is 5. The topological polar surface area (TPSA) is 90.9 Å². The number of phenols is 2. The van der Waals surface area contributed by atoms with E-state index < -0.39 is 0 Å². The number of hydrogen-bond donors (Lipinski definition) is 3. The molecule has 6 heteroatoms. The van der Waals surface area contributed by atoms with Crippen LogP contribution in [-0.4, -0.2) is 29.7 Å². The molecule has 0 saturated heterocycles. The monoisotopic (exact) mass is 415 g/mol. The molecule has 1 fully saturated rings. The number of benzene rings is 2. The fourth-order valence-corrected chi connectivity index (χ4v) is 4.47. The molecule has 6 nitrogen and oxygen atoms in total. The van der Waals surface area contributed by atoms with Gasteiger partial charge in [0.1, 0.15) is 17.2 Å². The van der Waals surface area contributed by atoms with Crippen LogP contribution in [0.2, 0.25) is 0 Å². The minimum absolute atomic E-state index is 0.109. The molecule has 0 bridgehead atoms. The van der Waals surface area contributed by atoms with Gasteiger partial charge in [-0.15, -0.1) is 0 Å². The van der Waals surface area contributed by atoms with Gasteiger partial charge in [-0.1, -0.05) is 37.8 Å². The zero-order valence-corrected chi connectivity index (χ0v) is 17.2. The average Bonchev–Trinajstić information content (AvgIpc) is 3.39. The van der Waals surface area contributed by atoms with E-state index in [4.69, 9.17) is 9.97 Å². The fourth-order valence-electron chi connectivity index (χ4n) is 4.47. The molecule has 31 heavy (non-hydrogen) atoms. The smallest absolute Gasteiger partial charge is 0.219 e. The van der Waals surface area contributed by atoms with E-state index in [9.17, 15) is 15.3 Å². The number of phenolic OH excluding ortho intramolecular Hbond substituents is 2. The van der Waals surface area contributed by atoms with Crippen molar-refractivity contribution in [1.29, 1.82) is 0 Å². The Kier molecular flexibility index (Phi) is 4.98. The maximum Gasteiger partial charge on any atom is 0.219 e. The molecule has 158 valence electrons. The molecule has 5 rings (SSSR count). The van der Waals surface area contributed by atoms with Gasteiger partial charge in [-0.25, -0.2) is 9.97 Å². The lowest BCUT2D eigenvalue weighted by molar-refractivity contribution is 0.442. The van der Waals surface area contributed by atoms with Crippen molar-refractivity contribution in [3.05, 3.63) is 71.7 Å². The van der Waals surface area contributed by atoms with E-state index in [2.05, 4.69) is 0 Å². The second-order valence-corrected chi connectivity index (χ2v) is 8.39. The van der Waals surface area contributed by atoms with E-state index in [0.29, 0.717) is 23.7 Å². The van der Waals surface area contributed by atoms with Crippen molar-refractivity contribution in [2.75, 3.05) is 0 Å². The van der Waals surface area contributed by atoms with Crippen LogP contribution in [0.25, 0.3) is 16.9 Å². The van der Waals surface area contributed by atoms with E-state index in [0.717, 1.165) is 28.9 Å². The molecule has 0 atom stereocenters. The van der Waals surface area contributed by atoms with Gasteiger partial charge in [0.15, 0.2) is 5.65 Å². The SMILES string of the molecule is Oc1ccc(Cc2nc3c(CC4CCCC4)nc(-c4ccc(O)cc4)cn3c2O)cc1. The number of nitrogens with zero attached hydrogens (tertiary/aromatic N) is 3. The summed E-state index contributed by atoms with van der Waals surface area (Å²) in [7, 11) is 0. The first kappa shape index (κ1) is 19.4. The van der Waals surface area contributed by atoms with Gasteiger partial charge in [-0.2, -0.15) is 0 Å². The first-order valence-electron chi connectivity index (χ1n) is 10.7. The predicted octanol–water partition coefficient (Wildman–Crippen LogP) is 4.84. The van der Waals surface area contributed by atoms with E-state index >= 15 is 0 Å². The molecule has 1 saturated carbocycles. The quantitative estimate of drug-likeness (QED) is 0.434. The van der Waals surface area contributed by atoms with E-state index in [-0.39, 0.29) is 17.4 Å². The van der Waals surface area contributed by atoms with Crippen LogP contribution in [0.3, 0.4) is 0 Å². The third kappa shape index (κ3) is 3.93. The first-order chi connectivity index (χ1) is 15.1. The molecule has 0 unspecified atom stereocenters. The minimum atomic E-state index is 0.109. The van der Waals surface area contributed by atoms with Crippen molar-refractivity contribution in [1.82, 2.24) is 14.4 Å². The van der Waals surface area contributed by atoms with E-state index in [1.54, 1.807) is 28.7 Å². The first-order valence-corrected chi connectivity index (χ1v) is 10.7. The summed E-state index contributed by atoms with van der Waals surface area (Å²) >= 11 is 0.